The van der Waals surface area contributed by atoms with Gasteiger partial charge in [0.25, 0.3) is 0 Å². The fourth-order valence-electron chi connectivity index (χ4n) is 3.12. The van der Waals surface area contributed by atoms with E-state index in [1.807, 2.05) is 12.3 Å². The zero-order valence-electron chi connectivity index (χ0n) is 16.0. The second-order valence-corrected chi connectivity index (χ2v) is 6.80. The molecule has 1 aliphatic rings. The molecule has 2 heterocycles. The van der Waals surface area contributed by atoms with Crippen LogP contribution in [0.4, 0.5) is 4.79 Å². The van der Waals surface area contributed by atoms with Crippen LogP contribution in [0.2, 0.25) is 0 Å². The minimum Gasteiger partial charge on any atom is -0.450 e. The molecular weight excluding hydrogens is 338 g/mol. The minimum absolute atomic E-state index is 0.239. The average Bonchev–Trinajstić information content (AvgIpc) is 2.70. The van der Waals surface area contributed by atoms with Crippen molar-refractivity contribution in [3.63, 3.8) is 0 Å². The van der Waals surface area contributed by atoms with Crippen LogP contribution in [0.15, 0.2) is 48.8 Å². The van der Waals surface area contributed by atoms with Gasteiger partial charge in [-0.2, -0.15) is 0 Å². The van der Waals surface area contributed by atoms with Crippen LogP contribution in [0.3, 0.4) is 0 Å². The average molecular weight is 365 g/mol. The monoisotopic (exact) mass is 365 g/mol. The molecule has 1 aromatic carbocycles. The summed E-state index contributed by atoms with van der Waals surface area (Å²) in [6.07, 6.45) is 7.60. The first kappa shape index (κ1) is 19.0. The number of carbonyl (C=O) groups excluding carboxylic acids is 1. The van der Waals surface area contributed by atoms with Crippen molar-refractivity contribution < 1.29 is 9.53 Å². The largest absolute Gasteiger partial charge is 0.450 e. The zero-order valence-corrected chi connectivity index (χ0v) is 16.0. The van der Waals surface area contributed by atoms with Gasteiger partial charge in [0.05, 0.1) is 24.9 Å². The number of fused-ring (bicyclic) bond motifs is 1. The van der Waals surface area contributed by atoms with Gasteiger partial charge in [-0.15, -0.1) is 0 Å². The van der Waals surface area contributed by atoms with E-state index in [4.69, 9.17) is 4.74 Å². The number of unbranched alkanes of at least 4 members (excludes halogenated alkanes) is 1. The third-order valence-corrected chi connectivity index (χ3v) is 4.77. The lowest BCUT2D eigenvalue weighted by Gasteiger charge is -2.32. The second-order valence-electron chi connectivity index (χ2n) is 6.80. The lowest BCUT2D eigenvalue weighted by Crippen LogP contribution is -2.26. The highest BCUT2D eigenvalue weighted by Crippen LogP contribution is 2.31. The Morgan fingerprint density at radius 2 is 2.11 bits per heavy atom. The van der Waals surface area contributed by atoms with E-state index >= 15 is 0 Å². The molecule has 2 aromatic rings. The molecule has 5 heteroatoms. The van der Waals surface area contributed by atoms with Crippen LogP contribution in [-0.4, -0.2) is 22.6 Å². The summed E-state index contributed by atoms with van der Waals surface area (Å²) in [5.41, 5.74) is 4.46. The lowest BCUT2D eigenvalue weighted by molar-refractivity contribution is 0.144. The maximum absolute atomic E-state index is 11.7. The molecule has 0 bridgehead atoms. The predicted molar refractivity (Wildman–Crippen MR) is 107 cm³/mol. The van der Waals surface area contributed by atoms with Crippen molar-refractivity contribution in [3.8, 4) is 0 Å². The molecule has 5 nitrogen and oxygen atoms in total. The molecule has 0 fully saturated rings. The molecule has 1 amide bonds. The summed E-state index contributed by atoms with van der Waals surface area (Å²) >= 11 is 0. The Hall–Kier alpha value is -2.82. The van der Waals surface area contributed by atoms with Crippen molar-refractivity contribution in [2.45, 2.75) is 45.8 Å². The van der Waals surface area contributed by atoms with E-state index in [1.165, 1.54) is 11.1 Å². The van der Waals surface area contributed by atoms with Gasteiger partial charge in [-0.05, 0) is 42.2 Å². The van der Waals surface area contributed by atoms with Crippen molar-refractivity contribution in [1.82, 2.24) is 15.2 Å². The number of alkyl carbamates (subject to hydrolysis) is 1. The number of carbonyl (C=O) groups is 1. The Labute approximate surface area is 161 Å². The van der Waals surface area contributed by atoms with E-state index in [-0.39, 0.29) is 12.1 Å². The van der Waals surface area contributed by atoms with E-state index in [9.17, 15) is 4.79 Å². The highest BCUT2D eigenvalue weighted by molar-refractivity contribution is 5.67. The van der Waals surface area contributed by atoms with Crippen molar-refractivity contribution in [2.24, 2.45) is 0 Å². The summed E-state index contributed by atoms with van der Waals surface area (Å²) in [4.78, 5) is 18.5. The van der Waals surface area contributed by atoms with E-state index in [1.54, 1.807) is 0 Å². The van der Waals surface area contributed by atoms with Gasteiger partial charge in [0.15, 0.2) is 0 Å². The zero-order chi connectivity index (χ0) is 19.1. The molecule has 1 aliphatic heterocycles. The molecule has 0 radical (unpaired) electrons. The highest BCUT2D eigenvalue weighted by atomic mass is 16.5. The molecule has 0 saturated heterocycles. The molecule has 0 saturated carbocycles. The highest BCUT2D eigenvalue weighted by Gasteiger charge is 2.20. The standard InChI is InChI=1S/C22H27N3O2/c1-3-4-12-27-22(26)24-15-20-13-21-17(2)25(11-10-19(21)14-23-20)16-18-8-6-5-7-9-18/h5-11,13-14,17H,3-4,12,15-16H2,1-2H3,(H,24,26). The first-order valence-electron chi connectivity index (χ1n) is 9.54. The van der Waals surface area contributed by atoms with Crippen LogP contribution in [0.25, 0.3) is 6.08 Å². The molecule has 1 unspecified atom stereocenters. The third kappa shape index (κ3) is 5.09. The number of amides is 1. The van der Waals surface area contributed by atoms with Gasteiger partial charge in [-0.25, -0.2) is 4.79 Å². The summed E-state index contributed by atoms with van der Waals surface area (Å²) in [6.45, 7) is 5.94. The fourth-order valence-corrected chi connectivity index (χ4v) is 3.12. The quantitative estimate of drug-likeness (QED) is 0.725. The van der Waals surface area contributed by atoms with Gasteiger partial charge in [-0.3, -0.25) is 4.98 Å². The Balaban J connectivity index is 1.63. The van der Waals surface area contributed by atoms with Gasteiger partial charge in [-0.1, -0.05) is 43.7 Å². The number of nitrogens with one attached hydrogen (secondary N) is 1. The third-order valence-electron chi connectivity index (χ3n) is 4.77. The topological polar surface area (TPSA) is 54.5 Å². The molecule has 1 atom stereocenters. The Bertz CT molecular complexity index is 789. The minimum atomic E-state index is -0.387. The van der Waals surface area contributed by atoms with Crippen molar-refractivity contribution in [3.05, 3.63) is 71.2 Å². The molecule has 0 spiro atoms. The number of benzene rings is 1. The Morgan fingerprint density at radius 1 is 1.30 bits per heavy atom. The summed E-state index contributed by atoms with van der Waals surface area (Å²) < 4.78 is 5.12. The molecule has 1 N–H and O–H groups in total. The van der Waals surface area contributed by atoms with Gasteiger partial charge in [0, 0.05) is 18.9 Å². The number of hydrogen-bond acceptors (Lipinski definition) is 4. The van der Waals surface area contributed by atoms with Crippen LogP contribution in [0.1, 0.15) is 55.1 Å². The van der Waals surface area contributed by atoms with Crippen molar-refractivity contribution >= 4 is 12.2 Å². The van der Waals surface area contributed by atoms with Gasteiger partial charge >= 0.3 is 6.09 Å². The number of aromatic nitrogens is 1. The SMILES string of the molecule is CCCCOC(=O)NCc1cc2c(cn1)C=CN(Cc1ccccc1)C2C. The molecule has 1 aromatic heterocycles. The predicted octanol–water partition coefficient (Wildman–Crippen LogP) is 4.66. The first-order chi connectivity index (χ1) is 13.2. The summed E-state index contributed by atoms with van der Waals surface area (Å²) in [5.74, 6) is 0. The molecular formula is C22H27N3O2. The lowest BCUT2D eigenvalue weighted by atomic mass is 9.97. The summed E-state index contributed by atoms with van der Waals surface area (Å²) in [7, 11) is 0. The van der Waals surface area contributed by atoms with Crippen molar-refractivity contribution in [1.29, 1.82) is 0 Å². The van der Waals surface area contributed by atoms with Gasteiger partial charge in [0.1, 0.15) is 0 Å². The number of hydrogen-bond donors (Lipinski definition) is 1. The normalized spacial score (nSPS) is 15.3. The van der Waals surface area contributed by atoms with Crippen LogP contribution in [0, 0.1) is 0 Å². The van der Waals surface area contributed by atoms with Crippen molar-refractivity contribution in [2.75, 3.05) is 6.61 Å². The van der Waals surface area contributed by atoms with E-state index in [0.29, 0.717) is 13.2 Å². The molecule has 0 aliphatic carbocycles. The Kier molecular flexibility index (Phi) is 6.47. The van der Waals surface area contributed by atoms with Crippen LogP contribution < -0.4 is 5.32 Å². The second kappa shape index (κ2) is 9.21. The van der Waals surface area contributed by atoms with Crippen LogP contribution in [0.5, 0.6) is 0 Å². The molecule has 142 valence electrons. The summed E-state index contributed by atoms with van der Waals surface area (Å²) in [5, 5.41) is 2.78. The molecule has 3 rings (SSSR count). The van der Waals surface area contributed by atoms with Crippen LogP contribution in [-0.2, 0) is 17.8 Å². The summed E-state index contributed by atoms with van der Waals surface area (Å²) in [6, 6.07) is 12.8. The number of pyridine rings is 1. The number of ether oxygens (including phenoxy) is 1. The number of nitrogens with zero attached hydrogens (tertiary/aromatic N) is 2. The molecule has 27 heavy (non-hydrogen) atoms. The smallest absolute Gasteiger partial charge is 0.407 e. The van der Waals surface area contributed by atoms with E-state index in [2.05, 4.69) is 71.7 Å². The maximum Gasteiger partial charge on any atom is 0.407 e. The van der Waals surface area contributed by atoms with E-state index < -0.39 is 0 Å². The van der Waals surface area contributed by atoms with Gasteiger partial charge < -0.3 is 15.0 Å². The number of rotatable bonds is 7. The van der Waals surface area contributed by atoms with Gasteiger partial charge in [0.2, 0.25) is 0 Å². The maximum atomic E-state index is 11.7. The first-order valence-corrected chi connectivity index (χ1v) is 9.54. The fraction of sp³-hybridized carbons (Fsp3) is 0.364. The van der Waals surface area contributed by atoms with E-state index in [0.717, 1.165) is 30.6 Å². The Morgan fingerprint density at radius 3 is 2.89 bits per heavy atom. The van der Waals surface area contributed by atoms with Crippen LogP contribution >= 0.6 is 0 Å².